The topological polar surface area (TPSA) is 191 Å². The molecule has 0 saturated heterocycles. The molecule has 1 aromatic heterocycles. The summed E-state index contributed by atoms with van der Waals surface area (Å²) >= 11 is 0. The van der Waals surface area contributed by atoms with Gasteiger partial charge < -0.3 is 25.6 Å². The fourth-order valence-corrected chi connectivity index (χ4v) is 1.86. The zero-order valence-corrected chi connectivity index (χ0v) is 14.9. The summed E-state index contributed by atoms with van der Waals surface area (Å²) in [5.74, 6) is -0.590. The molecule has 0 saturated carbocycles. The maximum absolute atomic E-state index is 11.7. The zero-order valence-electron chi connectivity index (χ0n) is 14.9. The first-order chi connectivity index (χ1) is 12.8. The molecule has 0 aliphatic carbocycles. The number of hydrogen-bond donors (Lipinski definition) is 5. The standard InChI is InChI=1S/C14H22N6O7/c1-3-26-13(22)18-10-5-9(16-7-8(21)6-15)11(20(24)25)12(17-10)19-14(23)27-4-2/h5,8,21H,3-4,6-7,15H2,1-2H3,(H3,16,17,18,19,22,23). The maximum Gasteiger partial charge on any atom is 0.412 e. The van der Waals surface area contributed by atoms with Crippen molar-refractivity contribution in [2.45, 2.75) is 20.0 Å². The monoisotopic (exact) mass is 386 g/mol. The van der Waals surface area contributed by atoms with Crippen LogP contribution in [0.25, 0.3) is 0 Å². The Morgan fingerprint density at radius 2 is 1.89 bits per heavy atom. The van der Waals surface area contributed by atoms with Gasteiger partial charge >= 0.3 is 17.9 Å². The lowest BCUT2D eigenvalue weighted by atomic mass is 10.2. The molecule has 0 fully saturated rings. The number of nitrogens with one attached hydrogen (secondary N) is 3. The van der Waals surface area contributed by atoms with Crippen molar-refractivity contribution >= 4 is 35.2 Å². The van der Waals surface area contributed by atoms with Gasteiger partial charge in [-0.25, -0.2) is 14.6 Å². The summed E-state index contributed by atoms with van der Waals surface area (Å²) in [4.78, 5) is 37.8. The van der Waals surface area contributed by atoms with E-state index < -0.39 is 34.7 Å². The highest BCUT2D eigenvalue weighted by atomic mass is 16.6. The molecular weight excluding hydrogens is 364 g/mol. The van der Waals surface area contributed by atoms with Crippen molar-refractivity contribution < 1.29 is 29.1 Å². The van der Waals surface area contributed by atoms with Gasteiger partial charge in [-0.2, -0.15) is 0 Å². The van der Waals surface area contributed by atoms with Gasteiger partial charge in [-0.15, -0.1) is 0 Å². The average molecular weight is 386 g/mol. The van der Waals surface area contributed by atoms with Crippen molar-refractivity contribution in [3.05, 3.63) is 16.2 Å². The van der Waals surface area contributed by atoms with Crippen molar-refractivity contribution in [3.8, 4) is 0 Å². The Labute approximate surface area is 154 Å². The Kier molecular flexibility index (Phi) is 8.68. The molecular formula is C14H22N6O7. The number of aromatic nitrogens is 1. The lowest BCUT2D eigenvalue weighted by Crippen LogP contribution is -2.28. The fourth-order valence-electron chi connectivity index (χ4n) is 1.86. The molecule has 0 spiro atoms. The number of pyridine rings is 1. The Hall–Kier alpha value is -3.19. The zero-order chi connectivity index (χ0) is 20.4. The second kappa shape index (κ2) is 10.7. The van der Waals surface area contributed by atoms with Gasteiger partial charge in [0.1, 0.15) is 11.5 Å². The van der Waals surface area contributed by atoms with E-state index in [4.69, 9.17) is 15.2 Å². The summed E-state index contributed by atoms with van der Waals surface area (Å²) in [5, 5.41) is 28.1. The Morgan fingerprint density at radius 3 is 2.41 bits per heavy atom. The summed E-state index contributed by atoms with van der Waals surface area (Å²) in [6, 6.07) is 1.16. The van der Waals surface area contributed by atoms with Gasteiger partial charge in [-0.3, -0.25) is 20.7 Å². The molecule has 0 aliphatic rings. The number of aliphatic hydroxyl groups is 1. The average Bonchev–Trinajstić information content (AvgIpc) is 2.59. The van der Waals surface area contributed by atoms with E-state index in [1.54, 1.807) is 13.8 Å². The molecule has 0 bridgehead atoms. The molecule has 0 aliphatic heterocycles. The number of aliphatic hydroxyl groups excluding tert-OH is 1. The lowest BCUT2D eigenvalue weighted by molar-refractivity contribution is -0.383. The number of anilines is 3. The number of amides is 2. The molecule has 1 aromatic rings. The molecule has 1 unspecified atom stereocenters. The Bertz CT molecular complexity index is 684. The number of ether oxygens (including phenoxy) is 2. The van der Waals surface area contributed by atoms with Crippen LogP contribution in [0.4, 0.5) is 32.6 Å². The molecule has 0 aromatic carbocycles. The van der Waals surface area contributed by atoms with E-state index in [1.165, 1.54) is 0 Å². The van der Waals surface area contributed by atoms with Crippen LogP contribution >= 0.6 is 0 Å². The van der Waals surface area contributed by atoms with Crippen LogP contribution in [-0.4, -0.2) is 59.6 Å². The largest absolute Gasteiger partial charge is 0.450 e. The van der Waals surface area contributed by atoms with Gasteiger partial charge in [-0.1, -0.05) is 0 Å². The molecule has 6 N–H and O–H groups in total. The minimum absolute atomic E-state index is 0.0359. The summed E-state index contributed by atoms with van der Waals surface area (Å²) in [7, 11) is 0. The van der Waals surface area contributed by atoms with Crippen molar-refractivity contribution in [2.24, 2.45) is 5.73 Å². The van der Waals surface area contributed by atoms with Crippen LogP contribution in [0.1, 0.15) is 13.8 Å². The van der Waals surface area contributed by atoms with Gasteiger partial charge in [0.15, 0.2) is 0 Å². The molecule has 27 heavy (non-hydrogen) atoms. The third-order valence-electron chi connectivity index (χ3n) is 2.98. The fraction of sp³-hybridized carbons (Fsp3) is 0.500. The quantitative estimate of drug-likeness (QED) is 0.300. The Morgan fingerprint density at radius 1 is 1.30 bits per heavy atom. The highest BCUT2D eigenvalue weighted by molar-refractivity contribution is 5.92. The highest BCUT2D eigenvalue weighted by Gasteiger charge is 2.26. The van der Waals surface area contributed by atoms with Crippen LogP contribution in [0, 0.1) is 10.1 Å². The molecule has 13 nitrogen and oxygen atoms in total. The van der Waals surface area contributed by atoms with Crippen molar-refractivity contribution in [1.82, 2.24) is 4.98 Å². The van der Waals surface area contributed by atoms with Gasteiger partial charge in [-0.05, 0) is 13.8 Å². The van der Waals surface area contributed by atoms with Crippen LogP contribution in [-0.2, 0) is 9.47 Å². The van der Waals surface area contributed by atoms with E-state index >= 15 is 0 Å². The maximum atomic E-state index is 11.7. The number of nitrogens with zero attached hydrogens (tertiary/aromatic N) is 2. The van der Waals surface area contributed by atoms with Gasteiger partial charge in [0.2, 0.25) is 5.82 Å². The molecule has 1 heterocycles. The number of hydrogen-bond acceptors (Lipinski definition) is 10. The molecule has 2 amide bonds. The number of carbonyl (C=O) groups excluding carboxylic acids is 2. The molecule has 1 rings (SSSR count). The normalized spacial score (nSPS) is 11.3. The molecule has 13 heteroatoms. The van der Waals surface area contributed by atoms with Gasteiger partial charge in [0.05, 0.1) is 24.2 Å². The third kappa shape index (κ3) is 6.91. The SMILES string of the molecule is CCOC(=O)Nc1cc(NCC(O)CN)c([N+](=O)[O-])c(NC(=O)OCC)n1. The van der Waals surface area contributed by atoms with E-state index in [0.29, 0.717) is 0 Å². The van der Waals surface area contributed by atoms with Gasteiger partial charge in [0, 0.05) is 19.2 Å². The first-order valence-corrected chi connectivity index (χ1v) is 8.01. The highest BCUT2D eigenvalue weighted by Crippen LogP contribution is 2.34. The van der Waals surface area contributed by atoms with Crippen molar-refractivity contribution in [2.75, 3.05) is 42.3 Å². The molecule has 1 atom stereocenters. The summed E-state index contributed by atoms with van der Waals surface area (Å²) in [6.45, 7) is 3.10. The number of nitrogens with two attached hydrogens (primary N) is 1. The van der Waals surface area contributed by atoms with Crippen molar-refractivity contribution in [3.63, 3.8) is 0 Å². The van der Waals surface area contributed by atoms with E-state index in [9.17, 15) is 24.8 Å². The van der Waals surface area contributed by atoms with Crippen LogP contribution in [0.5, 0.6) is 0 Å². The van der Waals surface area contributed by atoms with E-state index in [-0.39, 0.29) is 37.8 Å². The third-order valence-corrected chi connectivity index (χ3v) is 2.98. The number of rotatable bonds is 9. The minimum atomic E-state index is -0.972. The smallest absolute Gasteiger partial charge is 0.412 e. The second-order valence-corrected chi connectivity index (χ2v) is 4.97. The predicted octanol–water partition coefficient (Wildman–Crippen LogP) is 0.858. The predicted molar refractivity (Wildman–Crippen MR) is 95.7 cm³/mol. The number of nitro groups is 1. The molecule has 0 radical (unpaired) electrons. The first kappa shape index (κ1) is 21.9. The Balaban J connectivity index is 3.30. The first-order valence-electron chi connectivity index (χ1n) is 8.01. The van der Waals surface area contributed by atoms with Crippen molar-refractivity contribution in [1.29, 1.82) is 0 Å². The second-order valence-electron chi connectivity index (χ2n) is 4.97. The van der Waals surface area contributed by atoms with E-state index in [2.05, 4.69) is 20.9 Å². The van der Waals surface area contributed by atoms with E-state index in [0.717, 1.165) is 6.07 Å². The van der Waals surface area contributed by atoms with Gasteiger partial charge in [0.25, 0.3) is 0 Å². The van der Waals surface area contributed by atoms with E-state index in [1.807, 2.05) is 0 Å². The summed E-state index contributed by atoms with van der Waals surface area (Å²) in [5.41, 5.74) is 4.62. The van der Waals surface area contributed by atoms with Crippen LogP contribution in [0.15, 0.2) is 6.07 Å². The number of carbonyl (C=O) groups is 2. The van der Waals surface area contributed by atoms with Crippen LogP contribution in [0.3, 0.4) is 0 Å². The summed E-state index contributed by atoms with van der Waals surface area (Å²) < 4.78 is 9.42. The van der Waals surface area contributed by atoms with Crippen LogP contribution in [0.2, 0.25) is 0 Å². The summed E-state index contributed by atoms with van der Waals surface area (Å²) in [6.07, 6.45) is -2.77. The lowest BCUT2D eigenvalue weighted by Gasteiger charge is -2.14. The van der Waals surface area contributed by atoms with Crippen LogP contribution < -0.4 is 21.7 Å². The minimum Gasteiger partial charge on any atom is -0.450 e. The molecule has 150 valence electrons.